The van der Waals surface area contributed by atoms with E-state index >= 15 is 0 Å². The van der Waals surface area contributed by atoms with Gasteiger partial charge in [-0.05, 0) is 12.5 Å². The third-order valence-corrected chi connectivity index (χ3v) is 1.93. The molecule has 0 aliphatic heterocycles. The molecule has 0 spiro atoms. The van der Waals surface area contributed by atoms with E-state index in [1.165, 1.54) is 6.33 Å². The zero-order chi connectivity index (χ0) is 9.26. The summed E-state index contributed by atoms with van der Waals surface area (Å²) < 4.78 is 0. The van der Waals surface area contributed by atoms with E-state index in [1.807, 2.05) is 13.0 Å². The molecule has 2 heterocycles. The van der Waals surface area contributed by atoms with Crippen molar-refractivity contribution in [2.24, 2.45) is 0 Å². The van der Waals surface area contributed by atoms with E-state index in [1.54, 1.807) is 6.20 Å². The van der Waals surface area contributed by atoms with Gasteiger partial charge >= 0.3 is 0 Å². The van der Waals surface area contributed by atoms with Crippen molar-refractivity contribution in [2.45, 2.75) is 13.3 Å². The number of pyridine rings is 1. The minimum Gasteiger partial charge on any atom is -0.493 e. The minimum atomic E-state index is 0.0636. The summed E-state index contributed by atoms with van der Waals surface area (Å²) in [6.45, 7) is 1.96. The SMILES string of the molecule is CCc1cc2cncnc2nc1O. The van der Waals surface area contributed by atoms with Crippen LogP contribution in [-0.2, 0) is 6.42 Å². The van der Waals surface area contributed by atoms with Gasteiger partial charge in [0.15, 0.2) is 5.65 Å². The smallest absolute Gasteiger partial charge is 0.216 e. The highest BCUT2D eigenvalue weighted by Crippen LogP contribution is 2.18. The number of hydrogen-bond donors (Lipinski definition) is 1. The Hall–Kier alpha value is -1.71. The summed E-state index contributed by atoms with van der Waals surface area (Å²) in [5, 5.41) is 10.3. The number of aryl methyl sites for hydroxylation is 1. The summed E-state index contributed by atoms with van der Waals surface area (Å²) in [4.78, 5) is 11.8. The normalized spacial score (nSPS) is 10.5. The van der Waals surface area contributed by atoms with E-state index in [0.717, 1.165) is 17.4 Å². The van der Waals surface area contributed by atoms with E-state index in [-0.39, 0.29) is 5.88 Å². The molecule has 0 atom stereocenters. The lowest BCUT2D eigenvalue weighted by Crippen LogP contribution is -1.90. The third kappa shape index (κ3) is 1.30. The molecule has 0 aromatic carbocycles. The van der Waals surface area contributed by atoms with E-state index in [9.17, 15) is 5.11 Å². The minimum absolute atomic E-state index is 0.0636. The van der Waals surface area contributed by atoms with E-state index < -0.39 is 0 Å². The molecule has 0 aliphatic carbocycles. The Morgan fingerprint density at radius 3 is 3.08 bits per heavy atom. The van der Waals surface area contributed by atoms with Crippen molar-refractivity contribution in [1.29, 1.82) is 0 Å². The van der Waals surface area contributed by atoms with Crippen molar-refractivity contribution in [3.05, 3.63) is 24.2 Å². The molecule has 13 heavy (non-hydrogen) atoms. The number of hydrogen-bond acceptors (Lipinski definition) is 4. The maximum absolute atomic E-state index is 9.44. The highest BCUT2D eigenvalue weighted by molar-refractivity contribution is 5.74. The van der Waals surface area contributed by atoms with Gasteiger partial charge in [-0.25, -0.2) is 9.97 Å². The van der Waals surface area contributed by atoms with Crippen LogP contribution in [0.1, 0.15) is 12.5 Å². The van der Waals surface area contributed by atoms with Crippen LogP contribution in [0.3, 0.4) is 0 Å². The van der Waals surface area contributed by atoms with Gasteiger partial charge in [-0.1, -0.05) is 6.92 Å². The summed E-state index contributed by atoms with van der Waals surface area (Å²) >= 11 is 0. The average molecular weight is 175 g/mol. The monoisotopic (exact) mass is 175 g/mol. The molecule has 4 heteroatoms. The van der Waals surface area contributed by atoms with Crippen molar-refractivity contribution in [3.8, 4) is 5.88 Å². The van der Waals surface area contributed by atoms with Crippen LogP contribution in [0.5, 0.6) is 5.88 Å². The molecule has 66 valence electrons. The van der Waals surface area contributed by atoms with Gasteiger partial charge in [0.1, 0.15) is 6.33 Å². The molecule has 2 rings (SSSR count). The molecular formula is C9H9N3O. The van der Waals surface area contributed by atoms with Crippen molar-refractivity contribution >= 4 is 11.0 Å². The van der Waals surface area contributed by atoms with Crippen LogP contribution >= 0.6 is 0 Å². The lowest BCUT2D eigenvalue weighted by Gasteiger charge is -2.01. The standard InChI is InChI=1S/C9H9N3O/c1-2-6-3-7-4-10-5-11-8(7)12-9(6)13/h3-5H,2H2,1H3,(H,10,11,12,13). The number of aromatic hydroxyl groups is 1. The lowest BCUT2D eigenvalue weighted by molar-refractivity contribution is 0.449. The van der Waals surface area contributed by atoms with Gasteiger partial charge in [0.2, 0.25) is 5.88 Å². The fourth-order valence-corrected chi connectivity index (χ4v) is 1.21. The Kier molecular flexibility index (Phi) is 1.81. The van der Waals surface area contributed by atoms with Crippen LogP contribution in [0.15, 0.2) is 18.6 Å². The molecule has 0 saturated heterocycles. The number of fused-ring (bicyclic) bond motifs is 1. The Morgan fingerprint density at radius 1 is 1.46 bits per heavy atom. The number of aromatic nitrogens is 3. The van der Waals surface area contributed by atoms with E-state index in [4.69, 9.17) is 0 Å². The third-order valence-electron chi connectivity index (χ3n) is 1.93. The van der Waals surface area contributed by atoms with Gasteiger partial charge in [-0.15, -0.1) is 0 Å². The van der Waals surface area contributed by atoms with Gasteiger partial charge in [0.25, 0.3) is 0 Å². The van der Waals surface area contributed by atoms with Crippen molar-refractivity contribution in [2.75, 3.05) is 0 Å². The molecule has 0 aliphatic rings. The molecule has 1 N–H and O–H groups in total. The van der Waals surface area contributed by atoms with Crippen LogP contribution in [0.4, 0.5) is 0 Å². The molecule has 0 unspecified atom stereocenters. The zero-order valence-electron chi connectivity index (χ0n) is 7.23. The first-order valence-corrected chi connectivity index (χ1v) is 4.10. The first-order valence-electron chi connectivity index (χ1n) is 4.10. The number of rotatable bonds is 1. The van der Waals surface area contributed by atoms with Gasteiger partial charge in [-0.2, -0.15) is 4.98 Å². The maximum atomic E-state index is 9.44. The Morgan fingerprint density at radius 2 is 2.31 bits per heavy atom. The van der Waals surface area contributed by atoms with Crippen molar-refractivity contribution < 1.29 is 5.11 Å². The van der Waals surface area contributed by atoms with Gasteiger partial charge < -0.3 is 5.11 Å². The van der Waals surface area contributed by atoms with Crippen LogP contribution in [-0.4, -0.2) is 20.1 Å². The van der Waals surface area contributed by atoms with Gasteiger partial charge in [0, 0.05) is 17.1 Å². The first kappa shape index (κ1) is 7.91. The molecule has 0 radical (unpaired) electrons. The summed E-state index contributed by atoms with van der Waals surface area (Å²) in [6.07, 6.45) is 3.86. The maximum Gasteiger partial charge on any atom is 0.216 e. The molecule has 4 nitrogen and oxygen atoms in total. The highest BCUT2D eigenvalue weighted by atomic mass is 16.3. The molecule has 0 saturated carbocycles. The Bertz CT molecular complexity index is 442. The Balaban J connectivity index is 2.74. The van der Waals surface area contributed by atoms with Gasteiger partial charge in [0.05, 0.1) is 0 Å². The molecule has 2 aromatic rings. The van der Waals surface area contributed by atoms with Crippen LogP contribution in [0.25, 0.3) is 11.0 Å². The van der Waals surface area contributed by atoms with Crippen molar-refractivity contribution in [1.82, 2.24) is 15.0 Å². The molecule has 0 amide bonds. The fourth-order valence-electron chi connectivity index (χ4n) is 1.21. The van der Waals surface area contributed by atoms with Crippen LogP contribution in [0.2, 0.25) is 0 Å². The molecule has 0 fully saturated rings. The van der Waals surface area contributed by atoms with Crippen molar-refractivity contribution in [3.63, 3.8) is 0 Å². The van der Waals surface area contributed by atoms with E-state index in [2.05, 4.69) is 15.0 Å². The molecule has 0 bridgehead atoms. The second-order valence-electron chi connectivity index (χ2n) is 2.76. The predicted octanol–water partition coefficient (Wildman–Crippen LogP) is 1.29. The van der Waals surface area contributed by atoms with Gasteiger partial charge in [-0.3, -0.25) is 0 Å². The lowest BCUT2D eigenvalue weighted by atomic mass is 10.2. The summed E-state index contributed by atoms with van der Waals surface area (Å²) in [7, 11) is 0. The number of nitrogens with zero attached hydrogens (tertiary/aromatic N) is 3. The summed E-state index contributed by atoms with van der Waals surface area (Å²) in [5.74, 6) is 0.0636. The molecular weight excluding hydrogens is 166 g/mol. The van der Waals surface area contributed by atoms with E-state index in [0.29, 0.717) is 5.65 Å². The fraction of sp³-hybridized carbons (Fsp3) is 0.222. The largest absolute Gasteiger partial charge is 0.493 e. The predicted molar refractivity (Wildman–Crippen MR) is 48.4 cm³/mol. The van der Waals surface area contributed by atoms with Crippen LogP contribution in [0, 0.1) is 0 Å². The first-order chi connectivity index (χ1) is 6.31. The highest BCUT2D eigenvalue weighted by Gasteiger charge is 2.03. The van der Waals surface area contributed by atoms with Crippen LogP contribution < -0.4 is 0 Å². The Labute approximate surface area is 75.3 Å². The molecule has 2 aromatic heterocycles. The topological polar surface area (TPSA) is 58.9 Å². The summed E-state index contributed by atoms with van der Waals surface area (Å²) in [5.41, 5.74) is 1.35. The quantitative estimate of drug-likeness (QED) is 0.709. The zero-order valence-corrected chi connectivity index (χ0v) is 7.23. The average Bonchev–Trinajstić information content (AvgIpc) is 2.17. The second-order valence-corrected chi connectivity index (χ2v) is 2.76. The summed E-state index contributed by atoms with van der Waals surface area (Å²) in [6, 6.07) is 1.86. The second kappa shape index (κ2) is 2.97.